The minimum absolute atomic E-state index is 0.0703. The number of nitrogens with zero attached hydrogens (tertiary/aromatic N) is 2. The first kappa shape index (κ1) is 17.2. The predicted molar refractivity (Wildman–Crippen MR) is 98.7 cm³/mol. The zero-order chi connectivity index (χ0) is 18.0. The molecule has 0 unspecified atom stereocenters. The van der Waals surface area contributed by atoms with E-state index in [1.165, 1.54) is 5.56 Å². The minimum Gasteiger partial charge on any atom is -0.382 e. The Kier molecular flexibility index (Phi) is 4.86. The molecular weight excluding hydrogens is 314 g/mol. The molecule has 0 aliphatic rings. The summed E-state index contributed by atoms with van der Waals surface area (Å²) in [6, 6.07) is 11.6. The second kappa shape index (κ2) is 7.07. The van der Waals surface area contributed by atoms with Crippen molar-refractivity contribution in [2.45, 2.75) is 19.9 Å². The number of H-pyrrole nitrogens is 1. The van der Waals surface area contributed by atoms with E-state index in [1.807, 2.05) is 37.3 Å². The number of aromatic amines is 1. The van der Waals surface area contributed by atoms with Gasteiger partial charge in [-0.05, 0) is 43.7 Å². The van der Waals surface area contributed by atoms with Gasteiger partial charge in [-0.3, -0.25) is 9.78 Å². The third kappa shape index (κ3) is 3.28. The maximum absolute atomic E-state index is 13.1. The molecule has 0 saturated carbocycles. The highest BCUT2D eigenvalue weighted by molar-refractivity contribution is 6.01. The number of benzene rings is 1. The second-order valence-corrected chi connectivity index (χ2v) is 6.32. The Morgan fingerprint density at radius 2 is 2.08 bits per heavy atom. The Hall–Kier alpha value is -2.66. The molecule has 1 aromatic carbocycles. The Bertz CT molecular complexity index is 887. The fraction of sp³-hybridized carbons (Fsp3) is 0.300. The molecule has 25 heavy (non-hydrogen) atoms. The van der Waals surface area contributed by atoms with Crippen molar-refractivity contribution in [3.63, 3.8) is 0 Å². The lowest BCUT2D eigenvalue weighted by molar-refractivity contribution is 0.0590. The topological polar surface area (TPSA) is 58.2 Å². The predicted octanol–water partition coefficient (Wildman–Crippen LogP) is 3.64. The van der Waals surface area contributed by atoms with Crippen LogP contribution in [0.1, 0.15) is 33.4 Å². The lowest BCUT2D eigenvalue weighted by Crippen LogP contribution is -2.34. The third-order valence-corrected chi connectivity index (χ3v) is 4.57. The molecule has 5 nitrogen and oxygen atoms in total. The van der Waals surface area contributed by atoms with Gasteiger partial charge in [-0.1, -0.05) is 17.7 Å². The number of amides is 1. The number of ether oxygens (including phenoxy) is 1. The van der Waals surface area contributed by atoms with E-state index in [0.717, 1.165) is 22.2 Å². The van der Waals surface area contributed by atoms with Crippen LogP contribution in [0.2, 0.25) is 0 Å². The molecule has 1 atom stereocenters. The molecular formula is C20H23N3O2. The highest BCUT2D eigenvalue weighted by Gasteiger charge is 2.26. The van der Waals surface area contributed by atoms with Crippen molar-refractivity contribution in [2.24, 2.45) is 0 Å². The van der Waals surface area contributed by atoms with Crippen molar-refractivity contribution in [3.05, 3.63) is 65.1 Å². The van der Waals surface area contributed by atoms with Gasteiger partial charge < -0.3 is 14.6 Å². The number of likely N-dealkylation sites (N-methyl/N-ethyl adjacent to an activating group) is 1. The van der Waals surface area contributed by atoms with Crippen molar-refractivity contribution in [2.75, 3.05) is 20.8 Å². The number of aromatic nitrogens is 2. The van der Waals surface area contributed by atoms with Crippen LogP contribution in [0.15, 0.2) is 42.6 Å². The monoisotopic (exact) mass is 337 g/mol. The summed E-state index contributed by atoms with van der Waals surface area (Å²) >= 11 is 0. The molecule has 0 aliphatic heterocycles. The molecule has 130 valence electrons. The van der Waals surface area contributed by atoms with Gasteiger partial charge in [0, 0.05) is 31.3 Å². The quantitative estimate of drug-likeness (QED) is 0.773. The van der Waals surface area contributed by atoms with Crippen LogP contribution in [0.25, 0.3) is 10.9 Å². The Morgan fingerprint density at radius 3 is 2.76 bits per heavy atom. The summed E-state index contributed by atoms with van der Waals surface area (Å²) in [5.74, 6) is -0.0703. The average molecular weight is 337 g/mol. The van der Waals surface area contributed by atoms with Gasteiger partial charge in [-0.15, -0.1) is 0 Å². The van der Waals surface area contributed by atoms with E-state index in [4.69, 9.17) is 4.74 Å². The highest BCUT2D eigenvalue weighted by atomic mass is 16.5. The van der Waals surface area contributed by atoms with Crippen LogP contribution in [0, 0.1) is 13.8 Å². The van der Waals surface area contributed by atoms with Crippen LogP contribution < -0.4 is 0 Å². The van der Waals surface area contributed by atoms with Crippen LogP contribution in [0.4, 0.5) is 0 Å². The number of fused-ring (bicyclic) bond motifs is 1. The smallest absolute Gasteiger partial charge is 0.270 e. The van der Waals surface area contributed by atoms with Crippen molar-refractivity contribution >= 4 is 16.8 Å². The van der Waals surface area contributed by atoms with Gasteiger partial charge in [0.2, 0.25) is 0 Å². The lowest BCUT2D eigenvalue weighted by atomic mass is 10.1. The van der Waals surface area contributed by atoms with Crippen LogP contribution in [0.5, 0.6) is 0 Å². The van der Waals surface area contributed by atoms with Gasteiger partial charge in [-0.2, -0.15) is 0 Å². The van der Waals surface area contributed by atoms with E-state index in [9.17, 15) is 4.79 Å². The van der Waals surface area contributed by atoms with E-state index in [0.29, 0.717) is 12.3 Å². The number of hydrogen-bond donors (Lipinski definition) is 1. The molecule has 0 aliphatic carbocycles. The van der Waals surface area contributed by atoms with Crippen LogP contribution in [0.3, 0.4) is 0 Å². The molecule has 0 bridgehead atoms. The normalized spacial score (nSPS) is 12.3. The third-order valence-electron chi connectivity index (χ3n) is 4.57. The van der Waals surface area contributed by atoms with Gasteiger partial charge >= 0.3 is 0 Å². The molecule has 5 heteroatoms. The average Bonchev–Trinajstić information content (AvgIpc) is 2.95. The summed E-state index contributed by atoms with van der Waals surface area (Å²) in [6.45, 7) is 4.41. The lowest BCUT2D eigenvalue weighted by Gasteiger charge is -2.27. The fourth-order valence-corrected chi connectivity index (χ4v) is 3.10. The van der Waals surface area contributed by atoms with E-state index in [1.54, 1.807) is 25.3 Å². The zero-order valence-corrected chi connectivity index (χ0v) is 15.0. The maximum Gasteiger partial charge on any atom is 0.270 e. The van der Waals surface area contributed by atoms with Crippen molar-refractivity contribution < 1.29 is 9.53 Å². The SMILES string of the molecule is COC[C@H](c1ccccn1)N(C)C(=O)c1[nH]c2ccc(C)cc2c1C. The number of hydrogen-bond acceptors (Lipinski definition) is 3. The molecule has 0 fully saturated rings. The molecule has 3 aromatic rings. The van der Waals surface area contributed by atoms with Crippen molar-refractivity contribution in [3.8, 4) is 0 Å². The van der Waals surface area contributed by atoms with Gasteiger partial charge in [0.05, 0.1) is 18.3 Å². The first-order chi connectivity index (χ1) is 12.0. The largest absolute Gasteiger partial charge is 0.382 e. The summed E-state index contributed by atoms with van der Waals surface area (Å²) < 4.78 is 5.33. The zero-order valence-electron chi connectivity index (χ0n) is 15.0. The van der Waals surface area contributed by atoms with E-state index < -0.39 is 0 Å². The standard InChI is InChI=1S/C20H23N3O2/c1-13-8-9-16-15(11-13)14(2)19(22-16)20(24)23(3)18(12-25-4)17-7-5-6-10-21-17/h5-11,18,22H,12H2,1-4H3/t18-/m1/s1. The molecule has 1 amide bonds. The molecule has 2 heterocycles. The van der Waals surface area contributed by atoms with Gasteiger partial charge in [0.25, 0.3) is 5.91 Å². The first-order valence-electron chi connectivity index (χ1n) is 8.29. The molecule has 2 aromatic heterocycles. The summed E-state index contributed by atoms with van der Waals surface area (Å²) in [7, 11) is 3.42. The van der Waals surface area contributed by atoms with Crippen molar-refractivity contribution in [1.82, 2.24) is 14.9 Å². The molecule has 3 rings (SSSR count). The van der Waals surface area contributed by atoms with Gasteiger partial charge in [0.1, 0.15) is 5.69 Å². The summed E-state index contributed by atoms with van der Waals surface area (Å²) in [5.41, 5.74) is 4.53. The van der Waals surface area contributed by atoms with Crippen LogP contribution in [-0.2, 0) is 4.74 Å². The van der Waals surface area contributed by atoms with E-state index in [2.05, 4.69) is 23.0 Å². The van der Waals surface area contributed by atoms with Gasteiger partial charge in [0.15, 0.2) is 0 Å². The summed E-state index contributed by atoms with van der Waals surface area (Å²) in [5, 5.41) is 1.08. The van der Waals surface area contributed by atoms with Crippen molar-refractivity contribution in [1.29, 1.82) is 0 Å². The molecule has 0 saturated heterocycles. The number of nitrogens with one attached hydrogen (secondary N) is 1. The second-order valence-electron chi connectivity index (χ2n) is 6.32. The number of methoxy groups -OCH3 is 1. The van der Waals surface area contributed by atoms with E-state index >= 15 is 0 Å². The maximum atomic E-state index is 13.1. The minimum atomic E-state index is -0.244. The number of rotatable bonds is 5. The molecule has 0 radical (unpaired) electrons. The Labute approximate surface area is 147 Å². The number of aryl methyl sites for hydroxylation is 2. The van der Waals surface area contributed by atoms with Crippen LogP contribution in [-0.4, -0.2) is 41.5 Å². The summed E-state index contributed by atoms with van der Waals surface area (Å²) in [6.07, 6.45) is 1.73. The Morgan fingerprint density at radius 1 is 1.28 bits per heavy atom. The number of carbonyl (C=O) groups is 1. The van der Waals surface area contributed by atoms with E-state index in [-0.39, 0.29) is 11.9 Å². The molecule has 1 N–H and O–H groups in total. The number of carbonyl (C=O) groups excluding carboxylic acids is 1. The summed E-state index contributed by atoms with van der Waals surface area (Å²) in [4.78, 5) is 22.5. The highest BCUT2D eigenvalue weighted by Crippen LogP contribution is 2.26. The molecule has 0 spiro atoms. The van der Waals surface area contributed by atoms with Gasteiger partial charge in [-0.25, -0.2) is 0 Å². The fourth-order valence-electron chi connectivity index (χ4n) is 3.10. The van der Waals surface area contributed by atoms with Crippen LogP contribution >= 0.6 is 0 Å². The Balaban J connectivity index is 1.97. The number of pyridine rings is 1. The first-order valence-corrected chi connectivity index (χ1v) is 8.29.